The van der Waals surface area contributed by atoms with Gasteiger partial charge in [-0.25, -0.2) is 0 Å². The molecule has 1 heterocycles. The molecule has 0 unspecified atom stereocenters. The molecule has 1 aliphatic rings. The number of carbonyl (C=O) groups is 1. The van der Waals surface area contributed by atoms with Crippen LogP contribution in [0.1, 0.15) is 24.8 Å². The molecule has 0 radical (unpaired) electrons. The van der Waals surface area contributed by atoms with Crippen molar-refractivity contribution in [3.05, 3.63) is 17.7 Å². The first-order valence-corrected chi connectivity index (χ1v) is 7.97. The minimum absolute atomic E-state index is 0. The lowest BCUT2D eigenvalue weighted by Crippen LogP contribution is -2.28. The summed E-state index contributed by atoms with van der Waals surface area (Å²) in [4.78, 5) is 13.5. The number of carbonyl (C=O) groups excluding carboxylic acids is 1. The number of ether oxygens (including phenoxy) is 3. The molecule has 1 aliphatic heterocycles. The summed E-state index contributed by atoms with van der Waals surface area (Å²) < 4.78 is 16.0. The Hall–Kier alpha value is -1.66. The molecular weight excluding hydrogens is 332 g/mol. The smallest absolute Gasteiger partial charge is 0.222 e. The van der Waals surface area contributed by atoms with Gasteiger partial charge < -0.3 is 24.4 Å². The van der Waals surface area contributed by atoms with Gasteiger partial charge in [0.1, 0.15) is 0 Å². The van der Waals surface area contributed by atoms with Gasteiger partial charge in [-0.15, -0.1) is 12.4 Å². The molecule has 6 nitrogen and oxygen atoms in total. The molecule has 0 aliphatic carbocycles. The molecule has 0 aromatic heterocycles. The summed E-state index contributed by atoms with van der Waals surface area (Å²) in [6.07, 6.45) is 2.66. The molecule has 7 heteroatoms. The molecule has 1 aromatic rings. The Balaban J connectivity index is 0.00000288. The van der Waals surface area contributed by atoms with Crippen LogP contribution in [0.4, 0.5) is 0 Å². The van der Waals surface area contributed by atoms with Gasteiger partial charge in [0.2, 0.25) is 11.7 Å². The van der Waals surface area contributed by atoms with Gasteiger partial charge in [0, 0.05) is 26.1 Å². The van der Waals surface area contributed by atoms with E-state index in [1.165, 1.54) is 0 Å². The maximum atomic E-state index is 11.5. The third-order valence-electron chi connectivity index (χ3n) is 4.01. The predicted octanol–water partition coefficient (Wildman–Crippen LogP) is 2.24. The van der Waals surface area contributed by atoms with Crippen molar-refractivity contribution in [3.8, 4) is 17.2 Å². The van der Waals surface area contributed by atoms with Crippen molar-refractivity contribution in [1.82, 2.24) is 10.2 Å². The Morgan fingerprint density at radius 3 is 2.29 bits per heavy atom. The first kappa shape index (κ1) is 20.4. The summed E-state index contributed by atoms with van der Waals surface area (Å²) in [6, 6.07) is 3.89. The molecule has 136 valence electrons. The Morgan fingerprint density at radius 2 is 1.79 bits per heavy atom. The van der Waals surface area contributed by atoms with E-state index in [0.717, 1.165) is 38.0 Å². The van der Waals surface area contributed by atoms with Crippen LogP contribution in [0.5, 0.6) is 17.2 Å². The summed E-state index contributed by atoms with van der Waals surface area (Å²) in [5.41, 5.74) is 1.07. The van der Waals surface area contributed by atoms with E-state index in [0.29, 0.717) is 30.2 Å². The van der Waals surface area contributed by atoms with Crippen LogP contribution in [0.15, 0.2) is 12.1 Å². The number of amides is 1. The molecule has 1 N–H and O–H groups in total. The van der Waals surface area contributed by atoms with Crippen molar-refractivity contribution < 1.29 is 19.0 Å². The lowest BCUT2D eigenvalue weighted by atomic mass is 10.1. The van der Waals surface area contributed by atoms with Crippen LogP contribution in [0.3, 0.4) is 0 Å². The van der Waals surface area contributed by atoms with Crippen LogP contribution in [0.2, 0.25) is 0 Å². The van der Waals surface area contributed by atoms with Crippen LogP contribution in [0, 0.1) is 0 Å². The Morgan fingerprint density at radius 1 is 1.12 bits per heavy atom. The van der Waals surface area contributed by atoms with E-state index in [-0.39, 0.29) is 18.3 Å². The van der Waals surface area contributed by atoms with Crippen LogP contribution in [-0.2, 0) is 11.3 Å². The standard InChI is InChI=1S/C17H26N2O4.ClH/c1-21-14-10-13(11-15(22-2)17(14)23-3)12-18-7-5-9-19-8-4-6-16(19)20;/h10-11,18H,4-9,12H2,1-3H3;1H. The summed E-state index contributed by atoms with van der Waals surface area (Å²) in [5, 5.41) is 3.39. The summed E-state index contributed by atoms with van der Waals surface area (Å²) in [7, 11) is 4.82. The number of hydrogen-bond donors (Lipinski definition) is 1. The topological polar surface area (TPSA) is 60.0 Å². The maximum absolute atomic E-state index is 11.5. The Bertz CT molecular complexity index is 514. The Labute approximate surface area is 149 Å². The number of nitrogens with one attached hydrogen (secondary N) is 1. The van der Waals surface area contributed by atoms with Crippen LogP contribution >= 0.6 is 12.4 Å². The van der Waals surface area contributed by atoms with Crippen molar-refractivity contribution >= 4 is 18.3 Å². The van der Waals surface area contributed by atoms with E-state index in [1.54, 1.807) is 21.3 Å². The van der Waals surface area contributed by atoms with Gasteiger partial charge in [0.15, 0.2) is 11.5 Å². The first-order valence-electron chi connectivity index (χ1n) is 7.97. The predicted molar refractivity (Wildman–Crippen MR) is 95.5 cm³/mol. The summed E-state index contributed by atoms with van der Waals surface area (Å²) >= 11 is 0. The van der Waals surface area contributed by atoms with Gasteiger partial charge in [-0.1, -0.05) is 0 Å². The number of nitrogens with zero attached hydrogens (tertiary/aromatic N) is 1. The van der Waals surface area contributed by atoms with Gasteiger partial charge in [0.25, 0.3) is 0 Å². The molecule has 2 rings (SSSR count). The lowest BCUT2D eigenvalue weighted by molar-refractivity contribution is -0.127. The minimum atomic E-state index is 0. The highest BCUT2D eigenvalue weighted by molar-refractivity contribution is 5.85. The minimum Gasteiger partial charge on any atom is -0.493 e. The van der Waals surface area contributed by atoms with E-state index >= 15 is 0 Å². The normalized spacial score (nSPS) is 13.6. The number of likely N-dealkylation sites (tertiary alicyclic amines) is 1. The Kier molecular flexibility index (Phi) is 8.71. The highest BCUT2D eigenvalue weighted by Crippen LogP contribution is 2.38. The van der Waals surface area contributed by atoms with Crippen molar-refractivity contribution in [3.63, 3.8) is 0 Å². The molecule has 0 bridgehead atoms. The third kappa shape index (κ3) is 5.18. The third-order valence-corrected chi connectivity index (χ3v) is 4.01. The largest absolute Gasteiger partial charge is 0.493 e. The SMILES string of the molecule is COc1cc(CNCCCN2CCCC2=O)cc(OC)c1OC.Cl. The molecule has 1 fully saturated rings. The molecule has 24 heavy (non-hydrogen) atoms. The van der Waals surface area contributed by atoms with Crippen molar-refractivity contribution in [1.29, 1.82) is 0 Å². The zero-order valence-corrected chi connectivity index (χ0v) is 15.4. The fourth-order valence-electron chi connectivity index (χ4n) is 2.81. The van der Waals surface area contributed by atoms with E-state index in [2.05, 4.69) is 5.32 Å². The van der Waals surface area contributed by atoms with Crippen LogP contribution in [0.25, 0.3) is 0 Å². The first-order chi connectivity index (χ1) is 11.2. The second kappa shape index (κ2) is 10.3. The zero-order valence-electron chi connectivity index (χ0n) is 14.6. The van der Waals surface area contributed by atoms with E-state index < -0.39 is 0 Å². The zero-order chi connectivity index (χ0) is 16.7. The number of rotatable bonds is 9. The van der Waals surface area contributed by atoms with Crippen molar-refractivity contribution in [2.45, 2.75) is 25.8 Å². The number of benzene rings is 1. The number of halogens is 1. The second-order valence-corrected chi connectivity index (χ2v) is 5.55. The van der Waals surface area contributed by atoms with E-state index in [1.807, 2.05) is 17.0 Å². The van der Waals surface area contributed by atoms with Gasteiger partial charge in [-0.05, 0) is 37.1 Å². The summed E-state index contributed by atoms with van der Waals surface area (Å²) in [5.74, 6) is 2.21. The van der Waals surface area contributed by atoms with Crippen LogP contribution in [-0.4, -0.2) is 51.8 Å². The van der Waals surface area contributed by atoms with E-state index in [4.69, 9.17) is 14.2 Å². The van der Waals surface area contributed by atoms with Gasteiger partial charge >= 0.3 is 0 Å². The van der Waals surface area contributed by atoms with Gasteiger partial charge in [-0.3, -0.25) is 4.79 Å². The number of methoxy groups -OCH3 is 3. The molecule has 1 aromatic carbocycles. The molecule has 0 atom stereocenters. The molecule has 1 saturated heterocycles. The monoisotopic (exact) mass is 358 g/mol. The van der Waals surface area contributed by atoms with Gasteiger partial charge in [-0.2, -0.15) is 0 Å². The summed E-state index contributed by atoms with van der Waals surface area (Å²) in [6.45, 7) is 3.32. The van der Waals surface area contributed by atoms with E-state index in [9.17, 15) is 4.79 Å². The van der Waals surface area contributed by atoms with Crippen molar-refractivity contribution in [2.75, 3.05) is 41.0 Å². The quantitative estimate of drug-likeness (QED) is 0.686. The lowest BCUT2D eigenvalue weighted by Gasteiger charge is -2.16. The fraction of sp³-hybridized carbons (Fsp3) is 0.588. The number of hydrogen-bond acceptors (Lipinski definition) is 5. The second-order valence-electron chi connectivity index (χ2n) is 5.55. The molecule has 1 amide bonds. The fourth-order valence-corrected chi connectivity index (χ4v) is 2.81. The molecular formula is C17H27ClN2O4. The highest BCUT2D eigenvalue weighted by Gasteiger charge is 2.19. The van der Waals surface area contributed by atoms with Gasteiger partial charge in [0.05, 0.1) is 21.3 Å². The average molecular weight is 359 g/mol. The molecule has 0 spiro atoms. The maximum Gasteiger partial charge on any atom is 0.222 e. The van der Waals surface area contributed by atoms with Crippen molar-refractivity contribution in [2.24, 2.45) is 0 Å². The average Bonchev–Trinajstić information content (AvgIpc) is 2.98. The highest BCUT2D eigenvalue weighted by atomic mass is 35.5. The molecule has 0 saturated carbocycles. The van der Waals surface area contributed by atoms with Crippen LogP contribution < -0.4 is 19.5 Å².